The van der Waals surface area contributed by atoms with Crippen molar-refractivity contribution in [3.05, 3.63) is 57.8 Å². The lowest BCUT2D eigenvalue weighted by Crippen LogP contribution is -2.45. The van der Waals surface area contributed by atoms with Crippen LogP contribution < -0.4 is 5.32 Å². The van der Waals surface area contributed by atoms with Crippen LogP contribution in [0.3, 0.4) is 0 Å². The molecule has 1 atom stereocenters. The SMILES string of the molecule is CCN(CC)Cc1ccccc1CNC(=O)C1CCCN(C(=O)c2cccs2)C1. The monoisotopic (exact) mass is 413 g/mol. The lowest BCUT2D eigenvalue weighted by molar-refractivity contribution is -0.126. The van der Waals surface area contributed by atoms with E-state index in [2.05, 4.69) is 42.3 Å². The van der Waals surface area contributed by atoms with E-state index < -0.39 is 0 Å². The molecule has 2 amide bonds. The van der Waals surface area contributed by atoms with Crippen LogP contribution in [0.2, 0.25) is 0 Å². The van der Waals surface area contributed by atoms with Crippen LogP contribution in [-0.4, -0.2) is 47.8 Å². The van der Waals surface area contributed by atoms with E-state index in [1.807, 2.05) is 28.5 Å². The van der Waals surface area contributed by atoms with E-state index in [1.54, 1.807) is 0 Å². The summed E-state index contributed by atoms with van der Waals surface area (Å²) in [7, 11) is 0. The van der Waals surface area contributed by atoms with Crippen LogP contribution in [0.1, 0.15) is 47.5 Å². The van der Waals surface area contributed by atoms with Gasteiger partial charge in [0.05, 0.1) is 10.8 Å². The third-order valence-corrected chi connectivity index (χ3v) is 6.53. The average molecular weight is 414 g/mol. The summed E-state index contributed by atoms with van der Waals surface area (Å²) in [6, 6.07) is 12.0. The Morgan fingerprint density at radius 2 is 1.90 bits per heavy atom. The predicted octanol–water partition coefficient (Wildman–Crippen LogP) is 3.76. The maximum Gasteiger partial charge on any atom is 0.263 e. The Bertz CT molecular complexity index is 802. The van der Waals surface area contributed by atoms with Crippen molar-refractivity contribution in [2.75, 3.05) is 26.2 Å². The number of benzene rings is 1. The molecule has 0 aliphatic carbocycles. The summed E-state index contributed by atoms with van der Waals surface area (Å²) in [5.74, 6) is -0.0454. The summed E-state index contributed by atoms with van der Waals surface area (Å²) in [5, 5.41) is 5.03. The predicted molar refractivity (Wildman–Crippen MR) is 118 cm³/mol. The Labute approximate surface area is 177 Å². The number of carbonyl (C=O) groups is 2. The molecule has 1 unspecified atom stereocenters. The molecule has 29 heavy (non-hydrogen) atoms. The van der Waals surface area contributed by atoms with Crippen LogP contribution in [0.4, 0.5) is 0 Å². The summed E-state index contributed by atoms with van der Waals surface area (Å²) in [6.07, 6.45) is 1.70. The fourth-order valence-corrected chi connectivity index (χ4v) is 4.52. The normalized spacial score (nSPS) is 16.8. The van der Waals surface area contributed by atoms with Gasteiger partial charge in [0.2, 0.25) is 5.91 Å². The smallest absolute Gasteiger partial charge is 0.263 e. The molecular weight excluding hydrogens is 382 g/mol. The molecule has 1 saturated heterocycles. The quantitative estimate of drug-likeness (QED) is 0.717. The zero-order valence-corrected chi connectivity index (χ0v) is 18.2. The van der Waals surface area contributed by atoms with Crippen molar-refractivity contribution in [3.8, 4) is 0 Å². The number of rotatable bonds is 8. The third-order valence-electron chi connectivity index (χ3n) is 5.67. The van der Waals surface area contributed by atoms with Crippen LogP contribution in [0, 0.1) is 5.92 Å². The first-order chi connectivity index (χ1) is 14.1. The van der Waals surface area contributed by atoms with Crippen LogP contribution >= 0.6 is 11.3 Å². The lowest BCUT2D eigenvalue weighted by Gasteiger charge is -2.32. The van der Waals surface area contributed by atoms with Gasteiger partial charge < -0.3 is 10.2 Å². The van der Waals surface area contributed by atoms with Crippen molar-refractivity contribution in [1.82, 2.24) is 15.1 Å². The van der Waals surface area contributed by atoms with Gasteiger partial charge in [-0.25, -0.2) is 0 Å². The molecule has 1 aromatic heterocycles. The Morgan fingerprint density at radius 1 is 1.14 bits per heavy atom. The van der Waals surface area contributed by atoms with Gasteiger partial charge in [-0.1, -0.05) is 44.2 Å². The fraction of sp³-hybridized carbons (Fsp3) is 0.478. The highest BCUT2D eigenvalue weighted by Gasteiger charge is 2.29. The number of nitrogens with one attached hydrogen (secondary N) is 1. The van der Waals surface area contributed by atoms with E-state index in [4.69, 9.17) is 0 Å². The first-order valence-corrected chi connectivity index (χ1v) is 11.4. The number of piperidine rings is 1. The number of hydrogen-bond acceptors (Lipinski definition) is 4. The molecule has 1 aromatic carbocycles. The van der Waals surface area contributed by atoms with Gasteiger partial charge >= 0.3 is 0 Å². The van der Waals surface area contributed by atoms with Crippen molar-refractivity contribution < 1.29 is 9.59 Å². The van der Waals surface area contributed by atoms with Crippen molar-refractivity contribution in [3.63, 3.8) is 0 Å². The second kappa shape index (κ2) is 10.6. The zero-order chi connectivity index (χ0) is 20.6. The summed E-state index contributed by atoms with van der Waals surface area (Å²) < 4.78 is 0. The molecular formula is C23H31N3O2S. The van der Waals surface area contributed by atoms with Crippen molar-refractivity contribution in [2.45, 2.75) is 39.8 Å². The third kappa shape index (κ3) is 5.67. The maximum absolute atomic E-state index is 12.8. The zero-order valence-electron chi connectivity index (χ0n) is 17.4. The van der Waals surface area contributed by atoms with Crippen molar-refractivity contribution in [1.29, 1.82) is 0 Å². The Morgan fingerprint density at radius 3 is 2.59 bits per heavy atom. The van der Waals surface area contributed by atoms with E-state index in [-0.39, 0.29) is 17.7 Å². The largest absolute Gasteiger partial charge is 0.352 e. The van der Waals surface area contributed by atoms with E-state index in [0.717, 1.165) is 49.5 Å². The van der Waals surface area contributed by atoms with Crippen LogP contribution in [0.25, 0.3) is 0 Å². The minimum Gasteiger partial charge on any atom is -0.352 e. The van der Waals surface area contributed by atoms with Crippen LogP contribution in [0.5, 0.6) is 0 Å². The van der Waals surface area contributed by atoms with Gasteiger partial charge in [0.1, 0.15) is 0 Å². The molecule has 1 N–H and O–H groups in total. The number of thiophene rings is 1. The first kappa shape index (κ1) is 21.5. The van der Waals surface area contributed by atoms with Crippen molar-refractivity contribution >= 4 is 23.2 Å². The van der Waals surface area contributed by atoms with Gasteiger partial charge in [0.15, 0.2) is 0 Å². The summed E-state index contributed by atoms with van der Waals surface area (Å²) >= 11 is 1.46. The molecule has 0 bridgehead atoms. The van der Waals surface area contributed by atoms with Gasteiger partial charge in [-0.15, -0.1) is 11.3 Å². The minimum absolute atomic E-state index is 0.0436. The molecule has 2 aromatic rings. The molecule has 156 valence electrons. The molecule has 1 fully saturated rings. The highest BCUT2D eigenvalue weighted by Crippen LogP contribution is 2.21. The lowest BCUT2D eigenvalue weighted by atomic mass is 9.96. The molecule has 0 radical (unpaired) electrons. The molecule has 3 rings (SSSR count). The van der Waals surface area contributed by atoms with Gasteiger partial charge in [-0.3, -0.25) is 14.5 Å². The molecule has 6 heteroatoms. The second-order valence-corrected chi connectivity index (χ2v) is 8.46. The summed E-state index contributed by atoms with van der Waals surface area (Å²) in [4.78, 5) is 30.4. The first-order valence-electron chi connectivity index (χ1n) is 10.5. The molecule has 1 aliphatic rings. The second-order valence-electron chi connectivity index (χ2n) is 7.52. The molecule has 1 aliphatic heterocycles. The number of likely N-dealkylation sites (tertiary alicyclic amines) is 1. The van der Waals surface area contributed by atoms with Gasteiger partial charge in [0, 0.05) is 26.2 Å². The highest BCUT2D eigenvalue weighted by molar-refractivity contribution is 7.12. The minimum atomic E-state index is -0.136. The number of nitrogens with zero attached hydrogens (tertiary/aromatic N) is 2. The number of carbonyl (C=O) groups excluding carboxylic acids is 2. The maximum atomic E-state index is 12.8. The van der Waals surface area contributed by atoms with Crippen molar-refractivity contribution in [2.24, 2.45) is 5.92 Å². The Kier molecular flexibility index (Phi) is 7.83. The number of amides is 2. The fourth-order valence-electron chi connectivity index (χ4n) is 3.83. The topological polar surface area (TPSA) is 52.7 Å². The standard InChI is InChI=1S/C23H31N3O2S/c1-3-25(4-2)16-19-10-6-5-9-18(19)15-24-22(27)20-11-7-13-26(17-20)23(28)21-12-8-14-29-21/h5-6,8-10,12,14,20H,3-4,7,11,13,15-17H2,1-2H3,(H,24,27). The number of hydrogen-bond donors (Lipinski definition) is 1. The van der Waals surface area contributed by atoms with Crippen LogP contribution in [0.15, 0.2) is 41.8 Å². The van der Waals surface area contributed by atoms with Gasteiger partial charge in [-0.05, 0) is 48.5 Å². The van der Waals surface area contributed by atoms with E-state index in [9.17, 15) is 9.59 Å². The Hall–Kier alpha value is -2.18. The molecule has 5 nitrogen and oxygen atoms in total. The molecule has 0 spiro atoms. The summed E-state index contributed by atoms with van der Waals surface area (Å²) in [6.45, 7) is 9.01. The van der Waals surface area contributed by atoms with E-state index >= 15 is 0 Å². The molecule has 0 saturated carbocycles. The summed E-state index contributed by atoms with van der Waals surface area (Å²) in [5.41, 5.74) is 2.42. The molecule has 2 heterocycles. The highest BCUT2D eigenvalue weighted by atomic mass is 32.1. The average Bonchev–Trinajstić information content (AvgIpc) is 3.31. The van der Waals surface area contributed by atoms with E-state index in [1.165, 1.54) is 16.9 Å². The van der Waals surface area contributed by atoms with Gasteiger partial charge in [-0.2, -0.15) is 0 Å². The van der Waals surface area contributed by atoms with Gasteiger partial charge in [0.25, 0.3) is 5.91 Å². The van der Waals surface area contributed by atoms with Crippen LogP contribution in [-0.2, 0) is 17.9 Å². The Balaban J connectivity index is 1.57. The van der Waals surface area contributed by atoms with E-state index in [0.29, 0.717) is 13.1 Å².